The van der Waals surface area contributed by atoms with Crippen molar-refractivity contribution < 1.29 is 18.8 Å². The van der Waals surface area contributed by atoms with E-state index < -0.39 is 5.54 Å². The van der Waals surface area contributed by atoms with Crippen LogP contribution in [0.3, 0.4) is 0 Å². The number of hydrogen-bond acceptors (Lipinski definition) is 5. The van der Waals surface area contributed by atoms with Crippen LogP contribution in [0.25, 0.3) is 0 Å². The Morgan fingerprint density at radius 1 is 1.45 bits per heavy atom. The molecule has 0 saturated carbocycles. The fraction of sp³-hybridized carbons (Fsp3) is 0.615. The van der Waals surface area contributed by atoms with Gasteiger partial charge in [-0.15, -0.1) is 0 Å². The molecule has 20 heavy (non-hydrogen) atoms. The highest BCUT2D eigenvalue weighted by molar-refractivity contribution is 5.94. The third kappa shape index (κ3) is 4.65. The van der Waals surface area contributed by atoms with Gasteiger partial charge in [0.2, 0.25) is 11.8 Å². The number of nitrogens with one attached hydrogen (secondary N) is 1. The van der Waals surface area contributed by atoms with Crippen LogP contribution in [0.15, 0.2) is 10.6 Å². The van der Waals surface area contributed by atoms with Crippen molar-refractivity contribution in [1.82, 2.24) is 10.1 Å². The Hall–Kier alpha value is -1.89. The van der Waals surface area contributed by atoms with Gasteiger partial charge in [0.25, 0.3) is 0 Å². The summed E-state index contributed by atoms with van der Waals surface area (Å²) >= 11 is 0. The van der Waals surface area contributed by atoms with Gasteiger partial charge in [-0.3, -0.25) is 9.59 Å². The molecule has 0 saturated heterocycles. The summed E-state index contributed by atoms with van der Waals surface area (Å²) in [7, 11) is 1.44. The normalized spacial score (nSPS) is 11.2. The van der Waals surface area contributed by atoms with Gasteiger partial charge in [-0.2, -0.15) is 0 Å². The number of carbonyl (C=O) groups is 2. The quantitative estimate of drug-likeness (QED) is 0.877. The molecule has 0 unspecified atom stereocenters. The highest BCUT2D eigenvalue weighted by Gasteiger charge is 2.28. The van der Waals surface area contributed by atoms with Crippen LogP contribution in [0.1, 0.15) is 26.5 Å². The van der Waals surface area contributed by atoms with Crippen LogP contribution >= 0.6 is 0 Å². The minimum atomic E-state index is -0.479. The number of amides is 2. The van der Waals surface area contributed by atoms with Crippen LogP contribution < -0.4 is 5.32 Å². The Kier molecular flexibility index (Phi) is 5.26. The maximum absolute atomic E-state index is 12.0. The van der Waals surface area contributed by atoms with Crippen molar-refractivity contribution in [2.75, 3.05) is 25.6 Å². The lowest BCUT2D eigenvalue weighted by atomic mass is 10.1. The monoisotopic (exact) mass is 283 g/mol. The highest BCUT2D eigenvalue weighted by Crippen LogP contribution is 2.14. The molecule has 1 aromatic heterocycles. The largest absolute Gasteiger partial charge is 0.375 e. The number of carbonyl (C=O) groups excluding carboxylic acids is 2. The molecular weight excluding hydrogens is 262 g/mol. The highest BCUT2D eigenvalue weighted by atomic mass is 16.5. The van der Waals surface area contributed by atoms with Crippen molar-refractivity contribution in [3.8, 4) is 0 Å². The summed E-state index contributed by atoms with van der Waals surface area (Å²) in [5, 5.41) is 6.26. The zero-order valence-electron chi connectivity index (χ0n) is 12.5. The van der Waals surface area contributed by atoms with Crippen LogP contribution in [0, 0.1) is 6.92 Å². The van der Waals surface area contributed by atoms with Crippen molar-refractivity contribution in [3.63, 3.8) is 0 Å². The molecule has 0 radical (unpaired) electrons. The molecule has 1 heterocycles. The van der Waals surface area contributed by atoms with Gasteiger partial charge >= 0.3 is 0 Å². The van der Waals surface area contributed by atoms with Gasteiger partial charge in [0.1, 0.15) is 18.9 Å². The molecular formula is C13H21N3O4. The Balaban J connectivity index is 2.69. The third-order valence-electron chi connectivity index (χ3n) is 2.58. The molecule has 7 nitrogen and oxygen atoms in total. The molecule has 1 N–H and O–H groups in total. The first-order chi connectivity index (χ1) is 9.24. The van der Waals surface area contributed by atoms with E-state index in [4.69, 9.17) is 9.26 Å². The number of ether oxygens (including phenoxy) is 1. The average molecular weight is 283 g/mol. The summed E-state index contributed by atoms with van der Waals surface area (Å²) in [6, 6.07) is 1.61. The lowest BCUT2D eigenvalue weighted by Crippen LogP contribution is -2.50. The summed E-state index contributed by atoms with van der Waals surface area (Å²) in [6.07, 6.45) is 0. The zero-order valence-corrected chi connectivity index (χ0v) is 12.5. The molecule has 7 heteroatoms. The van der Waals surface area contributed by atoms with Gasteiger partial charge in [0.15, 0.2) is 5.82 Å². The maximum atomic E-state index is 12.0. The lowest BCUT2D eigenvalue weighted by Gasteiger charge is -2.34. The Bertz CT molecular complexity index is 476. The van der Waals surface area contributed by atoms with Crippen LogP contribution in [0.5, 0.6) is 0 Å². The van der Waals surface area contributed by atoms with Gasteiger partial charge < -0.3 is 19.5 Å². The average Bonchev–Trinajstić information content (AvgIpc) is 2.70. The molecule has 0 spiro atoms. The molecule has 0 atom stereocenters. The molecule has 0 bridgehead atoms. The summed E-state index contributed by atoms with van der Waals surface area (Å²) in [4.78, 5) is 25.4. The minimum Gasteiger partial charge on any atom is -0.375 e. The van der Waals surface area contributed by atoms with E-state index >= 15 is 0 Å². The van der Waals surface area contributed by atoms with Crippen molar-refractivity contribution in [2.45, 2.75) is 33.2 Å². The second kappa shape index (κ2) is 6.51. The second-order valence-corrected chi connectivity index (χ2v) is 5.45. The first-order valence-electron chi connectivity index (χ1n) is 6.26. The van der Waals surface area contributed by atoms with Gasteiger partial charge in [-0.25, -0.2) is 0 Å². The van der Waals surface area contributed by atoms with Crippen molar-refractivity contribution >= 4 is 17.6 Å². The van der Waals surface area contributed by atoms with Crippen LogP contribution in [-0.2, 0) is 14.3 Å². The Labute approximate surface area is 118 Å². The van der Waals surface area contributed by atoms with E-state index in [9.17, 15) is 9.59 Å². The summed E-state index contributed by atoms with van der Waals surface area (Å²) in [5.74, 6) is 0.355. The maximum Gasteiger partial charge on any atom is 0.249 e. The van der Waals surface area contributed by atoms with Crippen molar-refractivity contribution in [3.05, 3.63) is 11.8 Å². The first kappa shape index (κ1) is 16.2. The van der Waals surface area contributed by atoms with Crippen LogP contribution in [0.2, 0.25) is 0 Å². The molecule has 0 aliphatic rings. The van der Waals surface area contributed by atoms with Crippen molar-refractivity contribution in [2.24, 2.45) is 0 Å². The van der Waals surface area contributed by atoms with Gasteiger partial charge in [0.05, 0.1) is 0 Å². The second-order valence-electron chi connectivity index (χ2n) is 5.45. The first-order valence-corrected chi connectivity index (χ1v) is 6.26. The molecule has 1 aromatic rings. The molecule has 0 aromatic carbocycles. The van der Waals surface area contributed by atoms with Crippen LogP contribution in [-0.4, -0.2) is 47.7 Å². The standard InChI is InChI=1S/C13H21N3O4/c1-9-6-10(15-20-9)14-11(17)7-16(13(2,3)4)12(18)8-19-5/h6H,7-8H2,1-5H3,(H,14,15,17). The molecule has 2 amide bonds. The minimum absolute atomic E-state index is 0.0619. The number of aromatic nitrogens is 1. The van der Waals surface area contributed by atoms with E-state index in [1.807, 2.05) is 20.8 Å². The van der Waals surface area contributed by atoms with Crippen LogP contribution in [0.4, 0.5) is 5.82 Å². The topological polar surface area (TPSA) is 84.7 Å². The smallest absolute Gasteiger partial charge is 0.249 e. The Morgan fingerprint density at radius 3 is 2.55 bits per heavy atom. The van der Waals surface area contributed by atoms with Gasteiger partial charge in [-0.1, -0.05) is 5.16 Å². The van der Waals surface area contributed by atoms with Gasteiger partial charge in [0, 0.05) is 18.7 Å². The van der Waals surface area contributed by atoms with E-state index in [2.05, 4.69) is 10.5 Å². The number of nitrogens with zero attached hydrogens (tertiary/aromatic N) is 2. The SMILES string of the molecule is COCC(=O)N(CC(=O)Nc1cc(C)on1)C(C)(C)C. The summed E-state index contributed by atoms with van der Waals surface area (Å²) in [5.41, 5.74) is -0.479. The lowest BCUT2D eigenvalue weighted by molar-refractivity contribution is -0.142. The number of hydrogen-bond donors (Lipinski definition) is 1. The molecule has 1 rings (SSSR count). The zero-order chi connectivity index (χ0) is 15.3. The summed E-state index contributed by atoms with van der Waals surface area (Å²) < 4.78 is 9.69. The Morgan fingerprint density at radius 2 is 2.10 bits per heavy atom. The van der Waals surface area contributed by atoms with Gasteiger partial charge in [-0.05, 0) is 27.7 Å². The predicted octanol–water partition coefficient (Wildman–Crippen LogP) is 1.20. The van der Waals surface area contributed by atoms with E-state index in [-0.39, 0.29) is 25.0 Å². The number of aryl methyl sites for hydroxylation is 1. The fourth-order valence-electron chi connectivity index (χ4n) is 1.65. The molecule has 112 valence electrons. The molecule has 0 aliphatic carbocycles. The van der Waals surface area contributed by atoms with E-state index in [0.717, 1.165) is 0 Å². The molecule has 0 aliphatic heterocycles. The number of anilines is 1. The summed E-state index contributed by atoms with van der Waals surface area (Å²) in [6.45, 7) is 7.16. The fourth-order valence-corrected chi connectivity index (χ4v) is 1.65. The molecule has 0 fully saturated rings. The predicted molar refractivity (Wildman–Crippen MR) is 73.2 cm³/mol. The van der Waals surface area contributed by atoms with E-state index in [0.29, 0.717) is 11.6 Å². The van der Waals surface area contributed by atoms with E-state index in [1.165, 1.54) is 12.0 Å². The van der Waals surface area contributed by atoms with E-state index in [1.54, 1.807) is 13.0 Å². The number of methoxy groups -OCH3 is 1. The van der Waals surface area contributed by atoms with Crippen molar-refractivity contribution in [1.29, 1.82) is 0 Å². The number of rotatable bonds is 5. The third-order valence-corrected chi connectivity index (χ3v) is 2.58.